The second kappa shape index (κ2) is 3.38. The standard InChI is InChI=1S/C8H13N3O/c1-4-9-8(12)7-6(2)5-11(3)10-7/h5H,4H2,1-3H3,(H,9,12). The number of nitrogens with one attached hydrogen (secondary N) is 1. The molecule has 1 aromatic rings. The molecular formula is C8H13N3O. The number of aryl methyl sites for hydroxylation is 2. The maximum absolute atomic E-state index is 11.3. The summed E-state index contributed by atoms with van der Waals surface area (Å²) in [6, 6.07) is 0. The van der Waals surface area contributed by atoms with Crippen LogP contribution in [0.1, 0.15) is 23.0 Å². The molecule has 0 saturated carbocycles. The molecule has 0 aliphatic heterocycles. The van der Waals surface area contributed by atoms with Gasteiger partial charge in [-0.25, -0.2) is 0 Å². The van der Waals surface area contributed by atoms with Crippen molar-refractivity contribution in [2.24, 2.45) is 7.05 Å². The first kappa shape index (κ1) is 8.77. The molecule has 1 amide bonds. The van der Waals surface area contributed by atoms with Crippen LogP contribution in [0.2, 0.25) is 0 Å². The Morgan fingerprint density at radius 3 is 2.83 bits per heavy atom. The quantitative estimate of drug-likeness (QED) is 0.696. The fourth-order valence-electron chi connectivity index (χ4n) is 1.08. The topological polar surface area (TPSA) is 46.9 Å². The summed E-state index contributed by atoms with van der Waals surface area (Å²) in [7, 11) is 1.80. The number of carbonyl (C=O) groups excluding carboxylic acids is 1. The van der Waals surface area contributed by atoms with E-state index < -0.39 is 0 Å². The van der Waals surface area contributed by atoms with Crippen LogP contribution in [0.15, 0.2) is 6.20 Å². The summed E-state index contributed by atoms with van der Waals surface area (Å²) in [6.07, 6.45) is 1.82. The zero-order chi connectivity index (χ0) is 9.14. The lowest BCUT2D eigenvalue weighted by atomic mass is 10.3. The zero-order valence-electron chi connectivity index (χ0n) is 7.59. The van der Waals surface area contributed by atoms with E-state index in [1.807, 2.05) is 20.0 Å². The van der Waals surface area contributed by atoms with E-state index in [9.17, 15) is 4.79 Å². The van der Waals surface area contributed by atoms with Gasteiger partial charge in [-0.3, -0.25) is 9.48 Å². The number of hydrogen-bond acceptors (Lipinski definition) is 2. The third-order valence-electron chi connectivity index (χ3n) is 1.56. The smallest absolute Gasteiger partial charge is 0.272 e. The number of hydrogen-bond donors (Lipinski definition) is 1. The van der Waals surface area contributed by atoms with Gasteiger partial charge in [0.1, 0.15) is 0 Å². The Morgan fingerprint density at radius 1 is 1.75 bits per heavy atom. The summed E-state index contributed by atoms with van der Waals surface area (Å²) in [5, 5.41) is 6.73. The van der Waals surface area contributed by atoms with Crippen LogP contribution in [0.3, 0.4) is 0 Å². The van der Waals surface area contributed by atoms with E-state index in [0.29, 0.717) is 12.2 Å². The highest BCUT2D eigenvalue weighted by molar-refractivity contribution is 5.93. The average molecular weight is 167 g/mol. The summed E-state index contributed by atoms with van der Waals surface area (Å²) in [5.41, 5.74) is 1.42. The van der Waals surface area contributed by atoms with Crippen LogP contribution in [-0.2, 0) is 7.05 Å². The Kier molecular flexibility index (Phi) is 2.47. The summed E-state index contributed by atoms with van der Waals surface area (Å²) >= 11 is 0. The van der Waals surface area contributed by atoms with Gasteiger partial charge in [-0.15, -0.1) is 0 Å². The summed E-state index contributed by atoms with van der Waals surface area (Å²) in [4.78, 5) is 11.3. The van der Waals surface area contributed by atoms with Gasteiger partial charge in [-0.2, -0.15) is 5.10 Å². The molecule has 0 unspecified atom stereocenters. The third kappa shape index (κ3) is 1.64. The van der Waals surface area contributed by atoms with Crippen LogP contribution < -0.4 is 5.32 Å². The molecule has 0 saturated heterocycles. The van der Waals surface area contributed by atoms with Crippen molar-refractivity contribution < 1.29 is 4.79 Å². The number of amides is 1. The normalized spacial score (nSPS) is 9.92. The molecule has 0 aliphatic rings. The zero-order valence-corrected chi connectivity index (χ0v) is 7.59. The van der Waals surface area contributed by atoms with E-state index in [1.54, 1.807) is 11.7 Å². The number of aromatic nitrogens is 2. The molecule has 1 N–H and O–H groups in total. The van der Waals surface area contributed by atoms with Crippen molar-refractivity contribution in [1.29, 1.82) is 0 Å². The second-order valence-corrected chi connectivity index (χ2v) is 2.69. The maximum Gasteiger partial charge on any atom is 0.272 e. The SMILES string of the molecule is CCNC(=O)c1nn(C)cc1C. The predicted molar refractivity (Wildman–Crippen MR) is 46.0 cm³/mol. The lowest BCUT2D eigenvalue weighted by Crippen LogP contribution is -2.23. The van der Waals surface area contributed by atoms with Gasteiger partial charge in [0.05, 0.1) is 0 Å². The Balaban J connectivity index is 2.87. The molecule has 0 spiro atoms. The van der Waals surface area contributed by atoms with Gasteiger partial charge in [0.25, 0.3) is 5.91 Å². The molecule has 1 rings (SSSR count). The van der Waals surface area contributed by atoms with Crippen molar-refractivity contribution in [3.63, 3.8) is 0 Å². The van der Waals surface area contributed by atoms with Crippen LogP contribution in [0.25, 0.3) is 0 Å². The molecule has 4 nitrogen and oxygen atoms in total. The van der Waals surface area contributed by atoms with Gasteiger partial charge in [-0.05, 0) is 13.8 Å². The Labute approximate surface area is 71.6 Å². The first-order valence-corrected chi connectivity index (χ1v) is 3.93. The van der Waals surface area contributed by atoms with Gasteiger partial charge in [0.2, 0.25) is 0 Å². The lowest BCUT2D eigenvalue weighted by molar-refractivity contribution is 0.0949. The Bertz CT molecular complexity index is 290. The predicted octanol–water partition coefficient (Wildman–Crippen LogP) is 0.478. The van der Waals surface area contributed by atoms with Gasteiger partial charge >= 0.3 is 0 Å². The molecule has 0 atom stereocenters. The molecule has 66 valence electrons. The van der Waals surface area contributed by atoms with Crippen molar-refractivity contribution in [3.8, 4) is 0 Å². The van der Waals surface area contributed by atoms with E-state index in [-0.39, 0.29) is 5.91 Å². The highest BCUT2D eigenvalue weighted by Gasteiger charge is 2.10. The highest BCUT2D eigenvalue weighted by Crippen LogP contribution is 2.02. The maximum atomic E-state index is 11.3. The van der Waals surface area contributed by atoms with Gasteiger partial charge in [0.15, 0.2) is 5.69 Å². The van der Waals surface area contributed by atoms with E-state index in [2.05, 4.69) is 10.4 Å². The first-order valence-electron chi connectivity index (χ1n) is 3.93. The van der Waals surface area contributed by atoms with Crippen molar-refractivity contribution in [2.75, 3.05) is 6.54 Å². The average Bonchev–Trinajstić information content (AvgIpc) is 2.30. The summed E-state index contributed by atoms with van der Waals surface area (Å²) in [6.45, 7) is 4.39. The van der Waals surface area contributed by atoms with Crippen molar-refractivity contribution in [2.45, 2.75) is 13.8 Å². The van der Waals surface area contributed by atoms with Crippen LogP contribution >= 0.6 is 0 Å². The minimum absolute atomic E-state index is 0.101. The van der Waals surface area contributed by atoms with Gasteiger partial charge in [0, 0.05) is 25.4 Å². The Hall–Kier alpha value is -1.32. The molecule has 1 aromatic heterocycles. The van der Waals surface area contributed by atoms with Gasteiger partial charge in [-0.1, -0.05) is 0 Å². The van der Waals surface area contributed by atoms with Crippen LogP contribution in [0.5, 0.6) is 0 Å². The monoisotopic (exact) mass is 167 g/mol. The molecule has 0 aliphatic carbocycles. The molecular weight excluding hydrogens is 154 g/mol. The number of nitrogens with zero attached hydrogens (tertiary/aromatic N) is 2. The minimum atomic E-state index is -0.101. The third-order valence-corrected chi connectivity index (χ3v) is 1.56. The highest BCUT2D eigenvalue weighted by atomic mass is 16.1. The molecule has 0 aromatic carbocycles. The van der Waals surface area contributed by atoms with Crippen LogP contribution in [0, 0.1) is 6.92 Å². The lowest BCUT2D eigenvalue weighted by Gasteiger charge is -1.97. The molecule has 0 radical (unpaired) electrons. The van der Waals surface area contributed by atoms with Crippen molar-refractivity contribution >= 4 is 5.91 Å². The van der Waals surface area contributed by atoms with E-state index in [1.165, 1.54) is 0 Å². The summed E-state index contributed by atoms with van der Waals surface area (Å²) in [5.74, 6) is -0.101. The van der Waals surface area contributed by atoms with E-state index >= 15 is 0 Å². The van der Waals surface area contributed by atoms with Crippen molar-refractivity contribution in [1.82, 2.24) is 15.1 Å². The molecule has 1 heterocycles. The molecule has 4 heteroatoms. The number of carbonyl (C=O) groups is 1. The van der Waals surface area contributed by atoms with Crippen LogP contribution in [0.4, 0.5) is 0 Å². The fourth-order valence-corrected chi connectivity index (χ4v) is 1.08. The molecule has 0 bridgehead atoms. The minimum Gasteiger partial charge on any atom is -0.351 e. The van der Waals surface area contributed by atoms with E-state index in [0.717, 1.165) is 5.56 Å². The van der Waals surface area contributed by atoms with E-state index in [4.69, 9.17) is 0 Å². The fraction of sp³-hybridized carbons (Fsp3) is 0.500. The van der Waals surface area contributed by atoms with Crippen LogP contribution in [-0.4, -0.2) is 22.2 Å². The molecule has 0 fully saturated rings. The largest absolute Gasteiger partial charge is 0.351 e. The first-order chi connectivity index (χ1) is 5.65. The molecule has 12 heavy (non-hydrogen) atoms. The second-order valence-electron chi connectivity index (χ2n) is 2.69. The summed E-state index contributed by atoms with van der Waals surface area (Å²) < 4.78 is 1.64. The van der Waals surface area contributed by atoms with Gasteiger partial charge < -0.3 is 5.32 Å². The number of rotatable bonds is 2. The van der Waals surface area contributed by atoms with Crippen molar-refractivity contribution in [3.05, 3.63) is 17.5 Å². The Morgan fingerprint density at radius 2 is 2.42 bits per heavy atom.